The molecule has 0 aliphatic heterocycles. The lowest BCUT2D eigenvalue weighted by Crippen LogP contribution is -2.16. The van der Waals surface area contributed by atoms with Crippen molar-refractivity contribution in [1.29, 1.82) is 0 Å². The summed E-state index contributed by atoms with van der Waals surface area (Å²) in [4.78, 5) is 0. The number of alkyl halides is 3. The molecule has 0 bridgehead atoms. The number of halogens is 3. The van der Waals surface area contributed by atoms with E-state index in [0.717, 1.165) is 18.4 Å². The van der Waals surface area contributed by atoms with Gasteiger partial charge in [0.2, 0.25) is 0 Å². The summed E-state index contributed by atoms with van der Waals surface area (Å²) in [6.45, 7) is 0. The van der Waals surface area contributed by atoms with Crippen LogP contribution in [0.15, 0.2) is 24.3 Å². The van der Waals surface area contributed by atoms with Gasteiger partial charge in [0, 0.05) is 23.8 Å². The van der Waals surface area contributed by atoms with E-state index in [2.05, 4.69) is 0 Å². The Hall–Kier alpha value is -0.730. The van der Waals surface area contributed by atoms with Crippen LogP contribution in [0.5, 0.6) is 0 Å². The maximum absolute atomic E-state index is 12.6. The largest absolute Gasteiger partial charge is 0.416 e. The number of hydrogen-bond donors (Lipinski definition) is 1. The average molecular weight is 327 g/mol. The third-order valence-corrected chi connectivity index (χ3v) is 4.83. The Balaban J connectivity index is 2.58. The van der Waals surface area contributed by atoms with Gasteiger partial charge in [-0.25, -0.2) is 8.42 Å². The van der Waals surface area contributed by atoms with E-state index in [-0.39, 0.29) is 5.75 Å². The lowest BCUT2D eigenvalue weighted by Gasteiger charge is -2.14. The Morgan fingerprint density at radius 3 is 2.55 bits per heavy atom. The van der Waals surface area contributed by atoms with Crippen LogP contribution in [0, 0.1) is 0 Å². The highest BCUT2D eigenvalue weighted by Crippen LogP contribution is 2.30. The molecule has 0 fully saturated rings. The van der Waals surface area contributed by atoms with E-state index in [1.807, 2.05) is 0 Å². The molecule has 0 spiro atoms. The quantitative estimate of drug-likeness (QED) is 0.816. The van der Waals surface area contributed by atoms with E-state index >= 15 is 0 Å². The molecule has 8 heteroatoms. The van der Waals surface area contributed by atoms with Crippen LogP contribution < -0.4 is 5.73 Å². The Morgan fingerprint density at radius 2 is 2.00 bits per heavy atom. The minimum Gasteiger partial charge on any atom is -0.323 e. The molecule has 1 aromatic rings. The van der Waals surface area contributed by atoms with Gasteiger partial charge in [-0.15, -0.1) is 0 Å². The van der Waals surface area contributed by atoms with Crippen molar-refractivity contribution in [1.82, 2.24) is 0 Å². The van der Waals surface area contributed by atoms with Crippen molar-refractivity contribution in [2.75, 3.05) is 23.5 Å². The first-order chi connectivity index (χ1) is 9.09. The molecule has 0 aliphatic rings. The molecule has 1 rings (SSSR count). The van der Waals surface area contributed by atoms with Crippen LogP contribution in [0.2, 0.25) is 0 Å². The molecule has 0 saturated carbocycles. The fraction of sp³-hybridized carbons (Fsp3) is 0.500. The number of sulfone groups is 1. The number of benzene rings is 1. The first-order valence-electron chi connectivity index (χ1n) is 5.78. The van der Waals surface area contributed by atoms with Crippen LogP contribution in [0.1, 0.15) is 17.2 Å². The predicted octanol–water partition coefficient (Wildman–Crippen LogP) is 2.48. The van der Waals surface area contributed by atoms with E-state index in [1.54, 1.807) is 0 Å². The summed E-state index contributed by atoms with van der Waals surface area (Å²) in [6.07, 6.45) is -3.25. The molecule has 0 radical (unpaired) electrons. The number of rotatable bonds is 6. The van der Waals surface area contributed by atoms with Crippen molar-refractivity contribution in [2.45, 2.75) is 12.2 Å². The summed E-state index contributed by atoms with van der Waals surface area (Å²) in [5.74, 6) is 0.787. The lowest BCUT2D eigenvalue weighted by atomic mass is 10.1. The lowest BCUT2D eigenvalue weighted by molar-refractivity contribution is -0.137. The van der Waals surface area contributed by atoms with E-state index in [0.29, 0.717) is 17.1 Å². The molecule has 2 N–H and O–H groups in total. The Bertz CT molecular complexity index is 544. The second-order valence-electron chi connectivity index (χ2n) is 4.43. The van der Waals surface area contributed by atoms with Gasteiger partial charge >= 0.3 is 6.18 Å². The van der Waals surface area contributed by atoms with Gasteiger partial charge in [0.15, 0.2) is 0 Å². The van der Waals surface area contributed by atoms with Crippen molar-refractivity contribution in [3.05, 3.63) is 35.4 Å². The van der Waals surface area contributed by atoms with E-state index < -0.39 is 27.6 Å². The minimum absolute atomic E-state index is 0.0347. The van der Waals surface area contributed by atoms with Gasteiger partial charge in [0.05, 0.1) is 11.3 Å². The van der Waals surface area contributed by atoms with Crippen molar-refractivity contribution in [3.8, 4) is 0 Å². The zero-order valence-electron chi connectivity index (χ0n) is 10.9. The van der Waals surface area contributed by atoms with Crippen LogP contribution >= 0.6 is 11.8 Å². The van der Waals surface area contributed by atoms with Crippen LogP contribution in [0.4, 0.5) is 13.2 Å². The molecule has 1 unspecified atom stereocenters. The molecule has 0 aliphatic carbocycles. The molecule has 3 nitrogen and oxygen atoms in total. The van der Waals surface area contributed by atoms with E-state index in [9.17, 15) is 21.6 Å². The molecule has 0 aromatic heterocycles. The predicted molar refractivity (Wildman–Crippen MR) is 75.4 cm³/mol. The molecule has 114 valence electrons. The minimum atomic E-state index is -4.39. The molecule has 1 atom stereocenters. The Labute approximate surface area is 120 Å². The van der Waals surface area contributed by atoms with Gasteiger partial charge in [0.1, 0.15) is 9.84 Å². The van der Waals surface area contributed by atoms with E-state index in [4.69, 9.17) is 5.73 Å². The number of hydrogen-bond acceptors (Lipinski definition) is 4. The summed E-state index contributed by atoms with van der Waals surface area (Å²) < 4.78 is 59.5. The van der Waals surface area contributed by atoms with Crippen LogP contribution in [-0.2, 0) is 16.0 Å². The maximum Gasteiger partial charge on any atom is 0.416 e. The van der Waals surface area contributed by atoms with Crippen molar-refractivity contribution in [3.63, 3.8) is 0 Å². The van der Waals surface area contributed by atoms with Crippen LogP contribution in [0.25, 0.3) is 0 Å². The zero-order chi connectivity index (χ0) is 15.4. The maximum atomic E-state index is 12.6. The van der Waals surface area contributed by atoms with Gasteiger partial charge in [-0.3, -0.25) is 0 Å². The summed E-state index contributed by atoms with van der Waals surface area (Å²) in [5.41, 5.74) is 5.48. The number of thioether (sulfide) groups is 1. The first kappa shape index (κ1) is 17.3. The number of nitrogens with two attached hydrogens (primary N) is 1. The fourth-order valence-corrected chi connectivity index (χ4v) is 3.76. The van der Waals surface area contributed by atoms with Gasteiger partial charge in [-0.2, -0.15) is 24.9 Å². The highest BCUT2D eigenvalue weighted by atomic mass is 32.2. The first-order valence-corrected chi connectivity index (χ1v) is 8.99. The molecular formula is C12H16F3NO2S2. The second kappa shape index (κ2) is 6.82. The standard InChI is InChI=1S/C12H16F3NO2S2/c1-20(17,18)6-5-19-8-11(16)9-3-2-4-10(7-9)12(13,14)15/h2-4,7,11H,5-6,8,16H2,1H3. The summed E-state index contributed by atoms with van der Waals surface area (Å²) in [5, 5.41) is 0. The van der Waals surface area contributed by atoms with Crippen molar-refractivity contribution < 1.29 is 21.6 Å². The smallest absolute Gasteiger partial charge is 0.323 e. The van der Waals surface area contributed by atoms with E-state index in [1.165, 1.54) is 23.9 Å². The third kappa shape index (κ3) is 6.15. The SMILES string of the molecule is CS(=O)(=O)CCSCC(N)c1cccc(C(F)(F)F)c1. The van der Waals surface area contributed by atoms with Crippen molar-refractivity contribution >= 4 is 21.6 Å². The monoisotopic (exact) mass is 327 g/mol. The third-order valence-electron chi connectivity index (χ3n) is 2.54. The average Bonchev–Trinajstić information content (AvgIpc) is 2.32. The molecule has 0 saturated heterocycles. The zero-order valence-corrected chi connectivity index (χ0v) is 12.5. The summed E-state index contributed by atoms with van der Waals surface area (Å²) in [6, 6.07) is 4.33. The van der Waals surface area contributed by atoms with Gasteiger partial charge in [-0.05, 0) is 17.7 Å². The molecular weight excluding hydrogens is 311 g/mol. The van der Waals surface area contributed by atoms with Gasteiger partial charge in [-0.1, -0.05) is 12.1 Å². The molecule has 20 heavy (non-hydrogen) atoms. The highest BCUT2D eigenvalue weighted by Gasteiger charge is 2.30. The fourth-order valence-electron chi connectivity index (χ4n) is 1.46. The van der Waals surface area contributed by atoms with Crippen LogP contribution in [-0.4, -0.2) is 31.9 Å². The van der Waals surface area contributed by atoms with Gasteiger partial charge in [0.25, 0.3) is 0 Å². The summed E-state index contributed by atoms with van der Waals surface area (Å²) >= 11 is 1.31. The Kier molecular flexibility index (Phi) is 5.91. The van der Waals surface area contributed by atoms with Gasteiger partial charge < -0.3 is 5.73 Å². The molecule has 0 amide bonds. The summed E-state index contributed by atoms with van der Waals surface area (Å²) in [7, 11) is -3.02. The second-order valence-corrected chi connectivity index (χ2v) is 7.84. The van der Waals surface area contributed by atoms with Crippen molar-refractivity contribution in [2.24, 2.45) is 5.73 Å². The molecule has 0 heterocycles. The Morgan fingerprint density at radius 1 is 1.35 bits per heavy atom. The topological polar surface area (TPSA) is 60.2 Å². The molecule has 1 aromatic carbocycles. The normalized spacial score (nSPS) is 14.2. The van der Waals surface area contributed by atoms with Crippen LogP contribution in [0.3, 0.4) is 0 Å². The highest BCUT2D eigenvalue weighted by molar-refractivity contribution is 8.00.